The molecule has 27 heavy (non-hydrogen) atoms. The van der Waals surface area contributed by atoms with E-state index in [4.69, 9.17) is 11.6 Å². The summed E-state index contributed by atoms with van der Waals surface area (Å²) in [7, 11) is 0. The van der Waals surface area contributed by atoms with Gasteiger partial charge in [-0.3, -0.25) is 4.79 Å². The Kier molecular flexibility index (Phi) is 4.12. The molecule has 7 nitrogen and oxygen atoms in total. The van der Waals surface area contributed by atoms with Gasteiger partial charge in [0.1, 0.15) is 18.7 Å². The van der Waals surface area contributed by atoms with E-state index >= 15 is 0 Å². The van der Waals surface area contributed by atoms with Crippen molar-refractivity contribution in [3.8, 4) is 0 Å². The van der Waals surface area contributed by atoms with Gasteiger partial charge in [-0.1, -0.05) is 17.7 Å². The highest BCUT2D eigenvalue weighted by Gasteiger charge is 2.14. The molecule has 4 aromatic rings. The number of anilines is 1. The van der Waals surface area contributed by atoms with Crippen LogP contribution in [0.3, 0.4) is 0 Å². The molecule has 0 radical (unpaired) electrons. The van der Waals surface area contributed by atoms with E-state index in [-0.39, 0.29) is 6.54 Å². The molecule has 0 fully saturated rings. The summed E-state index contributed by atoms with van der Waals surface area (Å²) < 4.78 is 15.9. The van der Waals surface area contributed by atoms with Gasteiger partial charge in [-0.05, 0) is 42.8 Å². The highest BCUT2D eigenvalue weighted by molar-refractivity contribution is 6.31. The fourth-order valence-corrected chi connectivity index (χ4v) is 2.91. The molecule has 0 saturated heterocycles. The van der Waals surface area contributed by atoms with Gasteiger partial charge in [0.2, 0.25) is 5.91 Å². The molecule has 4 rings (SSSR count). The maximum Gasteiger partial charge on any atom is 0.352 e. The van der Waals surface area contributed by atoms with E-state index in [2.05, 4.69) is 15.4 Å². The van der Waals surface area contributed by atoms with Crippen LogP contribution in [-0.4, -0.2) is 25.1 Å². The summed E-state index contributed by atoms with van der Waals surface area (Å²) in [5, 5.41) is 7.94. The van der Waals surface area contributed by atoms with E-state index in [0.29, 0.717) is 32.8 Å². The predicted molar refractivity (Wildman–Crippen MR) is 99.5 cm³/mol. The van der Waals surface area contributed by atoms with Crippen LogP contribution in [0, 0.1) is 12.7 Å². The summed E-state index contributed by atoms with van der Waals surface area (Å²) in [6.45, 7) is 1.31. The average Bonchev–Trinajstić information content (AvgIpc) is 2.94. The highest BCUT2D eigenvalue weighted by Crippen LogP contribution is 2.19. The molecule has 0 spiro atoms. The van der Waals surface area contributed by atoms with Crippen LogP contribution in [0.5, 0.6) is 0 Å². The molecule has 0 atom stereocenters. The molecule has 0 aliphatic rings. The molecular formula is C18H13ClFN5O2. The smallest absolute Gasteiger partial charge is 0.324 e. The molecule has 0 aliphatic heterocycles. The third-order valence-electron chi connectivity index (χ3n) is 4.13. The predicted octanol–water partition coefficient (Wildman–Crippen LogP) is 2.78. The Morgan fingerprint density at radius 2 is 2.07 bits per heavy atom. The van der Waals surface area contributed by atoms with Crippen LogP contribution in [0.4, 0.5) is 10.1 Å². The number of nitrogens with one attached hydrogen (secondary N) is 1. The van der Waals surface area contributed by atoms with Crippen LogP contribution in [0.1, 0.15) is 5.56 Å². The van der Waals surface area contributed by atoms with E-state index in [1.54, 1.807) is 37.3 Å². The van der Waals surface area contributed by atoms with Gasteiger partial charge >= 0.3 is 5.69 Å². The fraction of sp³-hybridized carbons (Fsp3) is 0.111. The minimum Gasteiger partial charge on any atom is -0.324 e. The second kappa shape index (κ2) is 6.48. The minimum atomic E-state index is -0.500. The standard InChI is InChI=1S/C18H13ClFN5O2/c1-10-2-4-12(7-14(10)20)22-16(26)8-25-18(27)24-9-21-15-6-11(19)3-5-13(15)17(24)23-25/h2-7,9H,8H2,1H3,(H,22,26). The quantitative estimate of drug-likeness (QED) is 0.588. The number of hydrogen-bond acceptors (Lipinski definition) is 4. The van der Waals surface area contributed by atoms with Crippen molar-refractivity contribution in [3.05, 3.63) is 69.6 Å². The number of rotatable bonds is 3. The van der Waals surface area contributed by atoms with Crippen LogP contribution >= 0.6 is 11.6 Å². The van der Waals surface area contributed by atoms with Crippen molar-refractivity contribution in [2.75, 3.05) is 5.32 Å². The molecule has 1 N–H and O–H groups in total. The number of benzene rings is 2. The van der Waals surface area contributed by atoms with E-state index in [1.807, 2.05) is 0 Å². The van der Waals surface area contributed by atoms with Crippen molar-refractivity contribution in [2.24, 2.45) is 0 Å². The van der Waals surface area contributed by atoms with Crippen molar-refractivity contribution in [2.45, 2.75) is 13.5 Å². The second-order valence-electron chi connectivity index (χ2n) is 6.05. The van der Waals surface area contributed by atoms with Gasteiger partial charge < -0.3 is 5.32 Å². The molecule has 2 aromatic heterocycles. The number of aromatic nitrogens is 4. The molecule has 2 heterocycles. The van der Waals surface area contributed by atoms with E-state index in [0.717, 1.165) is 4.68 Å². The normalized spacial score (nSPS) is 11.2. The molecule has 0 saturated carbocycles. The Hall–Kier alpha value is -3.26. The number of amides is 1. The average molecular weight is 386 g/mol. The fourth-order valence-electron chi connectivity index (χ4n) is 2.74. The number of fused-ring (bicyclic) bond motifs is 3. The maximum atomic E-state index is 13.6. The SMILES string of the molecule is Cc1ccc(NC(=O)Cn2nc3c4ccc(Cl)cc4ncn3c2=O)cc1F. The molecule has 0 unspecified atom stereocenters. The zero-order valence-corrected chi connectivity index (χ0v) is 14.9. The second-order valence-corrected chi connectivity index (χ2v) is 6.49. The van der Waals surface area contributed by atoms with Crippen molar-refractivity contribution < 1.29 is 9.18 Å². The number of carbonyl (C=O) groups excluding carboxylic acids is 1. The van der Waals surface area contributed by atoms with Crippen LogP contribution in [0.15, 0.2) is 47.5 Å². The number of hydrogen-bond donors (Lipinski definition) is 1. The lowest BCUT2D eigenvalue weighted by atomic mass is 10.2. The van der Waals surface area contributed by atoms with Gasteiger partial charge in [-0.2, -0.15) is 0 Å². The summed E-state index contributed by atoms with van der Waals surface area (Å²) in [5.74, 6) is -0.919. The number of carbonyl (C=O) groups is 1. The molecular weight excluding hydrogens is 373 g/mol. The lowest BCUT2D eigenvalue weighted by Crippen LogP contribution is -2.28. The maximum absolute atomic E-state index is 13.6. The Bertz CT molecular complexity index is 1260. The zero-order chi connectivity index (χ0) is 19.1. The molecule has 2 aromatic carbocycles. The third kappa shape index (κ3) is 3.15. The van der Waals surface area contributed by atoms with Crippen LogP contribution in [0.2, 0.25) is 5.02 Å². The van der Waals surface area contributed by atoms with Crippen molar-refractivity contribution in [1.82, 2.24) is 19.2 Å². The van der Waals surface area contributed by atoms with Gasteiger partial charge in [0.05, 0.1) is 5.52 Å². The Morgan fingerprint density at radius 1 is 1.26 bits per heavy atom. The van der Waals surface area contributed by atoms with Crippen molar-refractivity contribution in [1.29, 1.82) is 0 Å². The van der Waals surface area contributed by atoms with Gasteiger partial charge in [0.25, 0.3) is 0 Å². The van der Waals surface area contributed by atoms with Crippen molar-refractivity contribution in [3.63, 3.8) is 0 Å². The van der Waals surface area contributed by atoms with Crippen molar-refractivity contribution >= 4 is 39.7 Å². The topological polar surface area (TPSA) is 81.3 Å². The molecule has 0 aliphatic carbocycles. The minimum absolute atomic E-state index is 0.307. The van der Waals surface area contributed by atoms with Gasteiger partial charge in [0, 0.05) is 16.1 Å². The summed E-state index contributed by atoms with van der Waals surface area (Å²) in [6, 6.07) is 9.43. The summed E-state index contributed by atoms with van der Waals surface area (Å²) in [4.78, 5) is 28.9. The van der Waals surface area contributed by atoms with E-state index in [1.165, 1.54) is 16.8 Å². The highest BCUT2D eigenvalue weighted by atomic mass is 35.5. The Labute approximate surface area is 157 Å². The third-order valence-corrected chi connectivity index (χ3v) is 4.37. The molecule has 0 bridgehead atoms. The molecule has 9 heteroatoms. The Morgan fingerprint density at radius 3 is 2.85 bits per heavy atom. The molecule has 1 amide bonds. The van der Waals surface area contributed by atoms with Gasteiger partial charge in [-0.15, -0.1) is 5.10 Å². The van der Waals surface area contributed by atoms with Crippen LogP contribution in [0.25, 0.3) is 16.6 Å². The monoisotopic (exact) mass is 385 g/mol. The lowest BCUT2D eigenvalue weighted by Gasteiger charge is -2.05. The lowest BCUT2D eigenvalue weighted by molar-refractivity contribution is -0.117. The first kappa shape index (κ1) is 17.2. The number of nitrogens with zero attached hydrogens (tertiary/aromatic N) is 4. The Balaban J connectivity index is 1.66. The summed E-state index contributed by atoms with van der Waals surface area (Å²) in [5.41, 5.74) is 1.24. The number of halogens is 2. The number of aryl methyl sites for hydroxylation is 1. The first-order valence-corrected chi connectivity index (χ1v) is 8.39. The van der Waals surface area contributed by atoms with E-state index in [9.17, 15) is 14.0 Å². The summed E-state index contributed by atoms with van der Waals surface area (Å²) in [6.07, 6.45) is 1.34. The van der Waals surface area contributed by atoms with E-state index < -0.39 is 17.4 Å². The van der Waals surface area contributed by atoms with Gasteiger partial charge in [-0.25, -0.2) is 23.3 Å². The largest absolute Gasteiger partial charge is 0.352 e. The zero-order valence-electron chi connectivity index (χ0n) is 14.1. The molecule has 136 valence electrons. The van der Waals surface area contributed by atoms with Crippen LogP contribution < -0.4 is 11.0 Å². The van der Waals surface area contributed by atoms with Crippen LogP contribution in [-0.2, 0) is 11.3 Å². The summed E-state index contributed by atoms with van der Waals surface area (Å²) >= 11 is 5.96. The van der Waals surface area contributed by atoms with Gasteiger partial charge in [0.15, 0.2) is 5.65 Å². The first-order chi connectivity index (χ1) is 12.9. The first-order valence-electron chi connectivity index (χ1n) is 8.02.